The number of carbonyl (C=O) groups is 2. The quantitative estimate of drug-likeness (QED) is 0.706. The fraction of sp³-hybridized carbons (Fsp3) is 0.800. The van der Waals surface area contributed by atoms with E-state index in [0.717, 1.165) is 0 Å². The number of carboxylic acids is 1. The van der Waals surface area contributed by atoms with E-state index in [0.29, 0.717) is 12.8 Å². The third kappa shape index (κ3) is 3.97. The molecule has 1 saturated heterocycles. The Morgan fingerprint density at radius 3 is 2.60 bits per heavy atom. The van der Waals surface area contributed by atoms with E-state index >= 15 is 0 Å². The van der Waals surface area contributed by atoms with Gasteiger partial charge < -0.3 is 14.9 Å². The Morgan fingerprint density at radius 1 is 1.47 bits per heavy atom. The number of rotatable bonds is 5. The van der Waals surface area contributed by atoms with Crippen LogP contribution in [0.25, 0.3) is 0 Å². The molecule has 0 bridgehead atoms. The van der Waals surface area contributed by atoms with Crippen molar-refractivity contribution in [3.63, 3.8) is 0 Å². The van der Waals surface area contributed by atoms with Crippen molar-refractivity contribution in [1.82, 2.24) is 0 Å². The maximum atomic E-state index is 11.4. The number of hydrogen-bond acceptors (Lipinski definition) is 4. The molecule has 1 aliphatic heterocycles. The first kappa shape index (κ1) is 12.1. The first-order valence-corrected chi connectivity index (χ1v) is 5.01. The third-order valence-electron chi connectivity index (χ3n) is 2.53. The van der Waals surface area contributed by atoms with Crippen LogP contribution < -0.4 is 0 Å². The van der Waals surface area contributed by atoms with Gasteiger partial charge in [0.2, 0.25) is 0 Å². The van der Waals surface area contributed by atoms with Crippen molar-refractivity contribution in [3.05, 3.63) is 0 Å². The molecule has 1 aliphatic rings. The number of ether oxygens (including phenoxy) is 1. The van der Waals surface area contributed by atoms with Crippen LogP contribution in [0.2, 0.25) is 0 Å². The second-order valence-electron chi connectivity index (χ2n) is 4.17. The third-order valence-corrected chi connectivity index (χ3v) is 2.53. The molecule has 2 N–H and O–H groups in total. The molecule has 2 unspecified atom stereocenters. The van der Waals surface area contributed by atoms with E-state index in [9.17, 15) is 9.59 Å². The Hall–Kier alpha value is -0.940. The first-order valence-electron chi connectivity index (χ1n) is 5.01. The van der Waals surface area contributed by atoms with Crippen LogP contribution in [0.1, 0.15) is 39.0 Å². The van der Waals surface area contributed by atoms with E-state index in [2.05, 4.69) is 0 Å². The molecule has 0 spiro atoms. The van der Waals surface area contributed by atoms with Crippen molar-refractivity contribution in [2.45, 2.75) is 50.9 Å². The van der Waals surface area contributed by atoms with Gasteiger partial charge in [-0.1, -0.05) is 0 Å². The van der Waals surface area contributed by atoms with E-state index in [1.54, 1.807) is 6.92 Å². The highest BCUT2D eigenvalue weighted by Gasteiger charge is 2.36. The maximum absolute atomic E-state index is 11.4. The molecular weight excluding hydrogens is 200 g/mol. The summed E-state index contributed by atoms with van der Waals surface area (Å²) in [6.45, 7) is 1.77. The summed E-state index contributed by atoms with van der Waals surface area (Å²) in [7, 11) is 0. The van der Waals surface area contributed by atoms with Crippen molar-refractivity contribution < 1.29 is 24.5 Å². The smallest absolute Gasteiger partial charge is 0.303 e. The number of carbonyl (C=O) groups excluding carboxylic acids is 1. The van der Waals surface area contributed by atoms with Crippen molar-refractivity contribution in [2.75, 3.05) is 0 Å². The summed E-state index contributed by atoms with van der Waals surface area (Å²) in [5.41, 5.74) is -0.616. The second-order valence-corrected chi connectivity index (χ2v) is 4.17. The highest BCUT2D eigenvalue weighted by molar-refractivity contribution is 5.83. The van der Waals surface area contributed by atoms with Gasteiger partial charge in [0, 0.05) is 19.3 Å². The molecule has 15 heavy (non-hydrogen) atoms. The van der Waals surface area contributed by atoms with Gasteiger partial charge in [-0.05, 0) is 13.3 Å². The lowest BCUT2D eigenvalue weighted by atomic mass is 9.94. The molecule has 1 fully saturated rings. The van der Waals surface area contributed by atoms with E-state index in [4.69, 9.17) is 14.9 Å². The molecule has 0 aromatic rings. The fourth-order valence-corrected chi connectivity index (χ4v) is 1.76. The van der Waals surface area contributed by atoms with Crippen LogP contribution in [0.4, 0.5) is 0 Å². The van der Waals surface area contributed by atoms with Crippen molar-refractivity contribution in [3.8, 4) is 0 Å². The number of ketones is 1. The minimum Gasteiger partial charge on any atom is -0.481 e. The number of Topliss-reactive ketones (excluding diaryl/α,β-unsaturated/α-hetero) is 1. The highest BCUT2D eigenvalue weighted by Crippen LogP contribution is 2.32. The van der Waals surface area contributed by atoms with Gasteiger partial charge in [0.05, 0.1) is 12.0 Å². The van der Waals surface area contributed by atoms with E-state index in [1.165, 1.54) is 0 Å². The van der Waals surface area contributed by atoms with Gasteiger partial charge in [0.15, 0.2) is 6.29 Å². The average molecular weight is 216 g/mol. The molecule has 0 radical (unpaired) electrons. The predicted octanol–water partition coefficient (Wildman–Crippen LogP) is 0.698. The van der Waals surface area contributed by atoms with Gasteiger partial charge in [-0.15, -0.1) is 0 Å². The lowest BCUT2D eigenvalue weighted by Crippen LogP contribution is -2.28. The maximum Gasteiger partial charge on any atom is 0.303 e. The van der Waals surface area contributed by atoms with Crippen LogP contribution in [0.3, 0.4) is 0 Å². The molecule has 5 heteroatoms. The molecule has 0 aromatic heterocycles. The molecule has 0 aromatic carbocycles. The topological polar surface area (TPSA) is 83.8 Å². The summed E-state index contributed by atoms with van der Waals surface area (Å²) in [6.07, 6.45) is 0.441. The first-order chi connectivity index (χ1) is 6.91. The minimum atomic E-state index is -0.971. The lowest BCUT2D eigenvalue weighted by molar-refractivity contribution is -0.146. The molecule has 0 saturated carbocycles. The summed E-state index contributed by atoms with van der Waals surface area (Å²) in [5, 5.41) is 17.6. The lowest BCUT2D eigenvalue weighted by Gasteiger charge is -2.22. The highest BCUT2D eigenvalue weighted by atomic mass is 16.6. The zero-order valence-electron chi connectivity index (χ0n) is 8.73. The van der Waals surface area contributed by atoms with Crippen LogP contribution >= 0.6 is 0 Å². The number of aliphatic hydroxyl groups excluding tert-OH is 1. The van der Waals surface area contributed by atoms with E-state index in [1.807, 2.05) is 0 Å². The molecule has 0 aliphatic carbocycles. The molecule has 1 heterocycles. The number of aliphatic hydroxyl groups is 1. The molecule has 86 valence electrons. The van der Waals surface area contributed by atoms with Gasteiger partial charge in [0.1, 0.15) is 5.78 Å². The van der Waals surface area contributed by atoms with Crippen molar-refractivity contribution in [1.29, 1.82) is 0 Å². The Balaban J connectivity index is 2.34. The van der Waals surface area contributed by atoms with Gasteiger partial charge in [-0.25, -0.2) is 0 Å². The second kappa shape index (κ2) is 4.72. The molecule has 2 atom stereocenters. The van der Waals surface area contributed by atoms with E-state index < -0.39 is 17.9 Å². The number of hydrogen-bond donors (Lipinski definition) is 2. The zero-order chi connectivity index (χ0) is 11.5. The Kier molecular flexibility index (Phi) is 3.82. The monoisotopic (exact) mass is 216 g/mol. The number of aliphatic carboxylic acids is 1. The fourth-order valence-electron chi connectivity index (χ4n) is 1.76. The van der Waals surface area contributed by atoms with Gasteiger partial charge in [-0.2, -0.15) is 0 Å². The zero-order valence-corrected chi connectivity index (χ0v) is 8.73. The predicted molar refractivity (Wildman–Crippen MR) is 51.2 cm³/mol. The van der Waals surface area contributed by atoms with Crippen LogP contribution in [0.15, 0.2) is 0 Å². The normalized spacial score (nSPS) is 30.4. The van der Waals surface area contributed by atoms with Gasteiger partial charge >= 0.3 is 5.97 Å². The SMILES string of the molecule is CC1(CC(=O)CCC(=O)O)CCC(O)O1. The van der Waals surface area contributed by atoms with Gasteiger partial charge in [0.25, 0.3) is 0 Å². The molecule has 1 rings (SSSR count). The summed E-state index contributed by atoms with van der Waals surface area (Å²) >= 11 is 0. The molecular formula is C10H16O5. The van der Waals surface area contributed by atoms with Crippen molar-refractivity contribution in [2.24, 2.45) is 0 Å². The minimum absolute atomic E-state index is 0.0321. The Labute approximate surface area is 88.0 Å². The van der Waals surface area contributed by atoms with Gasteiger partial charge in [-0.3, -0.25) is 9.59 Å². The Bertz CT molecular complexity index is 263. The summed E-state index contributed by atoms with van der Waals surface area (Å²) in [6, 6.07) is 0. The summed E-state index contributed by atoms with van der Waals surface area (Å²) in [5.74, 6) is -1.10. The Morgan fingerprint density at radius 2 is 2.13 bits per heavy atom. The largest absolute Gasteiger partial charge is 0.481 e. The van der Waals surface area contributed by atoms with E-state index in [-0.39, 0.29) is 25.0 Å². The van der Waals surface area contributed by atoms with Crippen LogP contribution in [0.5, 0.6) is 0 Å². The van der Waals surface area contributed by atoms with Crippen LogP contribution in [-0.2, 0) is 14.3 Å². The summed E-state index contributed by atoms with van der Waals surface area (Å²) < 4.78 is 5.21. The standard InChI is InChI=1S/C10H16O5/c1-10(5-4-9(14)15-10)6-7(11)2-3-8(12)13/h9,14H,2-6H2,1H3,(H,12,13). The van der Waals surface area contributed by atoms with Crippen LogP contribution in [0, 0.1) is 0 Å². The summed E-state index contributed by atoms with van der Waals surface area (Å²) in [4.78, 5) is 21.6. The average Bonchev–Trinajstić information content (AvgIpc) is 2.42. The van der Waals surface area contributed by atoms with Crippen molar-refractivity contribution >= 4 is 11.8 Å². The van der Waals surface area contributed by atoms with Crippen LogP contribution in [-0.4, -0.2) is 33.9 Å². The number of carboxylic acid groups (broad SMARTS) is 1. The molecule has 0 amide bonds. The molecule has 5 nitrogen and oxygen atoms in total.